The predicted octanol–water partition coefficient (Wildman–Crippen LogP) is 2.31. The van der Waals surface area contributed by atoms with Crippen LogP contribution in [-0.2, 0) is 10.0 Å². The third-order valence-corrected chi connectivity index (χ3v) is 5.12. The molecule has 0 atom stereocenters. The van der Waals surface area contributed by atoms with Gasteiger partial charge in [-0.15, -0.1) is 0 Å². The minimum absolute atomic E-state index is 0.0466. The lowest BCUT2D eigenvalue weighted by Crippen LogP contribution is -2.25. The number of rotatable bonds is 7. The molecule has 6 nitrogen and oxygen atoms in total. The highest BCUT2D eigenvalue weighted by molar-refractivity contribution is 7.89. The molecule has 22 heavy (non-hydrogen) atoms. The fraction of sp³-hybridized carbons (Fsp3) is 0.400. The molecule has 0 saturated carbocycles. The van der Waals surface area contributed by atoms with Crippen LogP contribution >= 0.6 is 0 Å². The zero-order chi connectivity index (χ0) is 16.2. The maximum Gasteiger partial charge on any atom is 0.213 e. The number of aromatic nitrogens is 1. The summed E-state index contributed by atoms with van der Waals surface area (Å²) in [6, 6.07) is 9.57. The number of nitrogens with zero attached hydrogens (tertiary/aromatic N) is 2. The van der Waals surface area contributed by atoms with Crippen molar-refractivity contribution in [2.75, 3.05) is 26.5 Å². The molecule has 120 valence electrons. The van der Waals surface area contributed by atoms with E-state index in [0.29, 0.717) is 23.6 Å². The van der Waals surface area contributed by atoms with Crippen LogP contribution in [0.3, 0.4) is 0 Å². The van der Waals surface area contributed by atoms with Crippen LogP contribution in [0, 0.1) is 6.92 Å². The number of ether oxygens (including phenoxy) is 1. The standard InChI is InChI=1S/C15H20N2O4S/c1-12-15(20-10-7-11-22(18,19)17(2)3)14(16-21-12)13-8-5-4-6-9-13/h4-6,8-9H,7,10-11H2,1-3H3. The topological polar surface area (TPSA) is 72.6 Å². The highest BCUT2D eigenvalue weighted by Gasteiger charge is 2.17. The van der Waals surface area contributed by atoms with Gasteiger partial charge in [0.25, 0.3) is 0 Å². The zero-order valence-electron chi connectivity index (χ0n) is 12.9. The Kier molecular flexibility index (Phi) is 5.20. The molecule has 0 unspecified atom stereocenters. The van der Waals surface area contributed by atoms with Gasteiger partial charge >= 0.3 is 0 Å². The maximum atomic E-state index is 11.7. The number of aryl methyl sites for hydroxylation is 1. The van der Waals surface area contributed by atoms with E-state index in [1.54, 1.807) is 6.92 Å². The molecule has 0 aliphatic heterocycles. The summed E-state index contributed by atoms with van der Waals surface area (Å²) in [4.78, 5) is 0. The molecule has 0 amide bonds. The monoisotopic (exact) mass is 324 g/mol. The normalized spacial score (nSPS) is 11.8. The molecule has 0 radical (unpaired) electrons. The van der Waals surface area contributed by atoms with Gasteiger partial charge in [-0.05, 0) is 6.42 Å². The van der Waals surface area contributed by atoms with Gasteiger partial charge in [-0.25, -0.2) is 12.7 Å². The van der Waals surface area contributed by atoms with Gasteiger partial charge in [0.2, 0.25) is 10.0 Å². The Hall–Kier alpha value is -1.86. The SMILES string of the molecule is Cc1onc(-c2ccccc2)c1OCCCS(=O)(=O)N(C)C. The summed E-state index contributed by atoms with van der Waals surface area (Å²) in [6.45, 7) is 2.06. The summed E-state index contributed by atoms with van der Waals surface area (Å²) in [7, 11) is -0.154. The molecule has 0 bridgehead atoms. The van der Waals surface area contributed by atoms with Crippen molar-refractivity contribution >= 4 is 10.0 Å². The molecule has 0 aliphatic carbocycles. The van der Waals surface area contributed by atoms with E-state index in [1.807, 2.05) is 30.3 Å². The molecule has 2 rings (SSSR count). The average Bonchev–Trinajstić information content (AvgIpc) is 2.85. The molecule has 0 N–H and O–H groups in total. The Morgan fingerprint density at radius 2 is 1.91 bits per heavy atom. The van der Waals surface area contributed by atoms with Crippen molar-refractivity contribution in [3.63, 3.8) is 0 Å². The fourth-order valence-corrected chi connectivity index (χ4v) is 2.76. The summed E-state index contributed by atoms with van der Waals surface area (Å²) >= 11 is 0. The van der Waals surface area contributed by atoms with Crippen molar-refractivity contribution in [2.45, 2.75) is 13.3 Å². The van der Waals surface area contributed by atoms with Gasteiger partial charge in [0.15, 0.2) is 17.2 Å². The lowest BCUT2D eigenvalue weighted by molar-refractivity contribution is 0.306. The van der Waals surface area contributed by atoms with E-state index in [9.17, 15) is 8.42 Å². The smallest absolute Gasteiger partial charge is 0.213 e. The number of sulfonamides is 1. The Balaban J connectivity index is 2.01. The van der Waals surface area contributed by atoms with Crippen LogP contribution < -0.4 is 4.74 Å². The van der Waals surface area contributed by atoms with E-state index in [0.717, 1.165) is 5.56 Å². The number of benzene rings is 1. The van der Waals surface area contributed by atoms with Gasteiger partial charge in [0.05, 0.1) is 12.4 Å². The summed E-state index contributed by atoms with van der Waals surface area (Å²) in [5.74, 6) is 1.19. The van der Waals surface area contributed by atoms with E-state index in [4.69, 9.17) is 9.26 Å². The highest BCUT2D eigenvalue weighted by atomic mass is 32.2. The minimum atomic E-state index is -3.20. The van der Waals surface area contributed by atoms with Crippen LogP contribution in [0.15, 0.2) is 34.9 Å². The highest BCUT2D eigenvalue weighted by Crippen LogP contribution is 2.32. The molecular formula is C15H20N2O4S. The summed E-state index contributed by atoms with van der Waals surface area (Å²) in [6.07, 6.45) is 0.402. The van der Waals surface area contributed by atoms with Crippen LogP contribution in [0.2, 0.25) is 0 Å². The second kappa shape index (κ2) is 6.93. The Morgan fingerprint density at radius 1 is 1.23 bits per heavy atom. The quantitative estimate of drug-likeness (QED) is 0.731. The Morgan fingerprint density at radius 3 is 2.55 bits per heavy atom. The summed E-state index contributed by atoms with van der Waals surface area (Å²) < 4.78 is 35.5. The van der Waals surface area contributed by atoms with Crippen LogP contribution in [0.4, 0.5) is 0 Å². The van der Waals surface area contributed by atoms with E-state index >= 15 is 0 Å². The Bertz CT molecular complexity index is 708. The first-order chi connectivity index (χ1) is 10.4. The van der Waals surface area contributed by atoms with Gasteiger partial charge < -0.3 is 9.26 Å². The summed E-state index contributed by atoms with van der Waals surface area (Å²) in [5.41, 5.74) is 1.53. The van der Waals surface area contributed by atoms with Crippen molar-refractivity contribution in [1.82, 2.24) is 9.46 Å². The second-order valence-corrected chi connectivity index (χ2v) is 7.39. The molecule has 0 saturated heterocycles. The molecular weight excluding hydrogens is 304 g/mol. The van der Waals surface area contributed by atoms with Gasteiger partial charge in [-0.2, -0.15) is 0 Å². The van der Waals surface area contributed by atoms with Crippen molar-refractivity contribution in [2.24, 2.45) is 0 Å². The van der Waals surface area contributed by atoms with Crippen molar-refractivity contribution in [3.05, 3.63) is 36.1 Å². The predicted molar refractivity (Wildman–Crippen MR) is 84.3 cm³/mol. The molecule has 2 aromatic rings. The largest absolute Gasteiger partial charge is 0.488 e. The van der Waals surface area contributed by atoms with Gasteiger partial charge in [-0.1, -0.05) is 35.5 Å². The van der Waals surface area contributed by atoms with Gasteiger partial charge in [0.1, 0.15) is 0 Å². The molecule has 0 aliphatic rings. The maximum absolute atomic E-state index is 11.7. The molecule has 0 fully saturated rings. The lowest BCUT2D eigenvalue weighted by atomic mass is 10.1. The molecule has 7 heteroatoms. The van der Waals surface area contributed by atoms with E-state index in [-0.39, 0.29) is 12.4 Å². The first-order valence-corrected chi connectivity index (χ1v) is 8.57. The first kappa shape index (κ1) is 16.5. The van der Waals surface area contributed by atoms with Crippen LogP contribution in [-0.4, -0.2) is 44.3 Å². The number of hydrogen-bond acceptors (Lipinski definition) is 5. The fourth-order valence-electron chi connectivity index (χ4n) is 1.91. The molecule has 1 aromatic carbocycles. The third kappa shape index (κ3) is 3.86. The van der Waals surface area contributed by atoms with E-state index in [2.05, 4.69) is 5.16 Å². The Labute approximate surface area is 130 Å². The van der Waals surface area contributed by atoms with Gasteiger partial charge in [0, 0.05) is 26.6 Å². The average molecular weight is 324 g/mol. The number of hydrogen-bond donors (Lipinski definition) is 0. The molecule has 0 spiro atoms. The second-order valence-electron chi connectivity index (χ2n) is 5.08. The third-order valence-electron chi connectivity index (χ3n) is 3.21. The van der Waals surface area contributed by atoms with Crippen molar-refractivity contribution in [1.29, 1.82) is 0 Å². The first-order valence-electron chi connectivity index (χ1n) is 6.96. The van der Waals surface area contributed by atoms with Crippen LogP contribution in [0.25, 0.3) is 11.3 Å². The van der Waals surface area contributed by atoms with E-state index in [1.165, 1.54) is 18.4 Å². The summed E-state index contributed by atoms with van der Waals surface area (Å²) in [5, 5.41) is 4.02. The van der Waals surface area contributed by atoms with Gasteiger partial charge in [-0.3, -0.25) is 0 Å². The zero-order valence-corrected chi connectivity index (χ0v) is 13.8. The molecule has 1 aromatic heterocycles. The lowest BCUT2D eigenvalue weighted by Gasteiger charge is -2.11. The van der Waals surface area contributed by atoms with Crippen molar-refractivity contribution < 1.29 is 17.7 Å². The molecule has 1 heterocycles. The van der Waals surface area contributed by atoms with Crippen molar-refractivity contribution in [3.8, 4) is 17.0 Å². The van der Waals surface area contributed by atoms with Crippen LogP contribution in [0.5, 0.6) is 5.75 Å². The van der Waals surface area contributed by atoms with E-state index < -0.39 is 10.0 Å². The van der Waals surface area contributed by atoms with Crippen LogP contribution in [0.1, 0.15) is 12.2 Å². The minimum Gasteiger partial charge on any atom is -0.488 e.